The van der Waals surface area contributed by atoms with E-state index < -0.39 is 5.82 Å². The van der Waals surface area contributed by atoms with Crippen molar-refractivity contribution < 1.29 is 18.6 Å². The monoisotopic (exact) mass is 427 g/mol. The summed E-state index contributed by atoms with van der Waals surface area (Å²) in [6.45, 7) is 1.29. The molecule has 3 heterocycles. The molecule has 3 aromatic rings. The van der Waals surface area contributed by atoms with E-state index in [1.165, 1.54) is 6.33 Å². The first-order chi connectivity index (χ1) is 15.0. The fourth-order valence-corrected chi connectivity index (χ4v) is 3.21. The first-order valence-corrected chi connectivity index (χ1v) is 9.65. The Bertz CT molecular complexity index is 1040. The standard InChI is InChI=1S/C20H22FN7O3/c1-29-12-2-4-13(5-3-12)30-19-16(22)18(25-11-26-19)28-8-6-14(7-9-28)31-20-24-10-15(21)17(23)27-20/h2-5,10-11,14H,6-9,22H2,1H3,(H2,23,24,27). The van der Waals surface area contributed by atoms with Crippen molar-refractivity contribution in [1.82, 2.24) is 19.9 Å². The zero-order valence-corrected chi connectivity index (χ0v) is 16.9. The SMILES string of the molecule is COc1ccc(Oc2ncnc(N3CCC(Oc4ncc(F)c(N)n4)CC3)c2N)cc1. The first kappa shape index (κ1) is 20.4. The maximum Gasteiger partial charge on any atom is 0.318 e. The van der Waals surface area contributed by atoms with Gasteiger partial charge >= 0.3 is 6.01 Å². The lowest BCUT2D eigenvalue weighted by Crippen LogP contribution is -2.39. The molecule has 31 heavy (non-hydrogen) atoms. The highest BCUT2D eigenvalue weighted by atomic mass is 19.1. The Kier molecular flexibility index (Phi) is 5.83. The highest BCUT2D eigenvalue weighted by Crippen LogP contribution is 2.33. The number of aromatic nitrogens is 4. The Morgan fingerprint density at radius 1 is 1.03 bits per heavy atom. The van der Waals surface area contributed by atoms with E-state index in [0.29, 0.717) is 43.2 Å². The second-order valence-corrected chi connectivity index (χ2v) is 6.88. The number of anilines is 3. The van der Waals surface area contributed by atoms with Crippen LogP contribution in [0.5, 0.6) is 23.4 Å². The van der Waals surface area contributed by atoms with Crippen molar-refractivity contribution in [3.8, 4) is 23.4 Å². The summed E-state index contributed by atoms with van der Waals surface area (Å²) < 4.78 is 29.9. The molecular formula is C20H22FN7O3. The van der Waals surface area contributed by atoms with E-state index in [-0.39, 0.29) is 23.8 Å². The Hall–Kier alpha value is -3.89. The molecule has 4 rings (SSSR count). The summed E-state index contributed by atoms with van der Waals surface area (Å²) in [5, 5.41) is 0. The van der Waals surface area contributed by atoms with Gasteiger partial charge in [-0.15, -0.1) is 0 Å². The van der Waals surface area contributed by atoms with Gasteiger partial charge in [-0.1, -0.05) is 0 Å². The molecular weight excluding hydrogens is 405 g/mol. The van der Waals surface area contributed by atoms with E-state index >= 15 is 0 Å². The van der Waals surface area contributed by atoms with Gasteiger partial charge in [0.25, 0.3) is 0 Å². The molecule has 1 aliphatic rings. The number of nitrogens with two attached hydrogens (primary N) is 2. The summed E-state index contributed by atoms with van der Waals surface area (Å²) in [4.78, 5) is 18.2. The quantitative estimate of drug-likeness (QED) is 0.604. The van der Waals surface area contributed by atoms with Crippen LogP contribution in [0.3, 0.4) is 0 Å². The minimum absolute atomic E-state index is 0.0640. The second kappa shape index (κ2) is 8.86. The van der Waals surface area contributed by atoms with Crippen LogP contribution in [0.15, 0.2) is 36.8 Å². The Morgan fingerprint density at radius 2 is 1.74 bits per heavy atom. The summed E-state index contributed by atoms with van der Waals surface area (Å²) in [7, 11) is 1.60. The Labute approximate surface area is 178 Å². The third-order valence-electron chi connectivity index (χ3n) is 4.86. The van der Waals surface area contributed by atoms with Gasteiger partial charge in [0.1, 0.15) is 29.6 Å². The van der Waals surface area contributed by atoms with Crippen LogP contribution in [-0.4, -0.2) is 46.2 Å². The van der Waals surface area contributed by atoms with Gasteiger partial charge in [0.2, 0.25) is 5.88 Å². The summed E-state index contributed by atoms with van der Waals surface area (Å²) in [6.07, 6.45) is 3.65. The molecule has 1 fully saturated rings. The van der Waals surface area contributed by atoms with Crippen LogP contribution in [0.4, 0.5) is 21.7 Å². The number of hydrogen-bond donors (Lipinski definition) is 2. The third kappa shape index (κ3) is 4.65. The Morgan fingerprint density at radius 3 is 2.42 bits per heavy atom. The molecule has 10 nitrogen and oxygen atoms in total. The van der Waals surface area contributed by atoms with Crippen molar-refractivity contribution in [2.75, 3.05) is 36.6 Å². The molecule has 1 saturated heterocycles. The van der Waals surface area contributed by atoms with Crippen LogP contribution < -0.4 is 30.6 Å². The smallest absolute Gasteiger partial charge is 0.318 e. The second-order valence-electron chi connectivity index (χ2n) is 6.88. The number of methoxy groups -OCH3 is 1. The summed E-state index contributed by atoms with van der Waals surface area (Å²) in [5.74, 6) is 1.28. The average molecular weight is 427 g/mol. The van der Waals surface area contributed by atoms with E-state index in [9.17, 15) is 4.39 Å². The number of hydrogen-bond acceptors (Lipinski definition) is 10. The Balaban J connectivity index is 1.40. The number of piperidine rings is 1. The molecule has 4 N–H and O–H groups in total. The van der Waals surface area contributed by atoms with Gasteiger partial charge in [0, 0.05) is 25.9 Å². The largest absolute Gasteiger partial charge is 0.497 e. The van der Waals surface area contributed by atoms with E-state index in [1.807, 2.05) is 4.90 Å². The van der Waals surface area contributed by atoms with E-state index in [4.69, 9.17) is 25.7 Å². The summed E-state index contributed by atoms with van der Waals surface area (Å²) >= 11 is 0. The molecule has 0 aliphatic carbocycles. The van der Waals surface area contributed by atoms with Gasteiger partial charge in [-0.05, 0) is 24.3 Å². The molecule has 0 radical (unpaired) electrons. The molecule has 1 aromatic carbocycles. The van der Waals surface area contributed by atoms with E-state index in [0.717, 1.165) is 11.9 Å². The van der Waals surface area contributed by atoms with Gasteiger partial charge in [-0.3, -0.25) is 0 Å². The fourth-order valence-electron chi connectivity index (χ4n) is 3.21. The molecule has 0 saturated carbocycles. The molecule has 162 valence electrons. The maximum atomic E-state index is 13.2. The highest BCUT2D eigenvalue weighted by molar-refractivity contribution is 5.68. The maximum absolute atomic E-state index is 13.2. The van der Waals surface area contributed by atoms with Crippen LogP contribution in [0.25, 0.3) is 0 Å². The van der Waals surface area contributed by atoms with Crippen LogP contribution >= 0.6 is 0 Å². The minimum atomic E-state index is -0.672. The van der Waals surface area contributed by atoms with Crippen LogP contribution in [0, 0.1) is 5.82 Å². The van der Waals surface area contributed by atoms with Gasteiger partial charge in [0.05, 0.1) is 13.3 Å². The van der Waals surface area contributed by atoms with Gasteiger partial charge in [-0.25, -0.2) is 14.4 Å². The van der Waals surface area contributed by atoms with Gasteiger partial charge in [-0.2, -0.15) is 9.97 Å². The molecule has 2 aromatic heterocycles. The molecule has 0 atom stereocenters. The van der Waals surface area contributed by atoms with Crippen LogP contribution in [-0.2, 0) is 0 Å². The fraction of sp³-hybridized carbons (Fsp3) is 0.300. The molecule has 0 bridgehead atoms. The molecule has 0 unspecified atom stereocenters. The molecule has 0 spiro atoms. The highest BCUT2D eigenvalue weighted by Gasteiger charge is 2.25. The summed E-state index contributed by atoms with van der Waals surface area (Å²) in [5.41, 5.74) is 12.1. The van der Waals surface area contributed by atoms with Crippen LogP contribution in [0.1, 0.15) is 12.8 Å². The molecule has 0 amide bonds. The minimum Gasteiger partial charge on any atom is -0.497 e. The van der Waals surface area contributed by atoms with Crippen molar-refractivity contribution in [3.63, 3.8) is 0 Å². The van der Waals surface area contributed by atoms with E-state index in [2.05, 4.69) is 19.9 Å². The molecule has 1 aliphatic heterocycles. The lowest BCUT2D eigenvalue weighted by Gasteiger charge is -2.33. The van der Waals surface area contributed by atoms with Gasteiger partial charge in [0.15, 0.2) is 17.5 Å². The van der Waals surface area contributed by atoms with E-state index in [1.54, 1.807) is 31.4 Å². The van der Waals surface area contributed by atoms with Gasteiger partial charge < -0.3 is 30.6 Å². The lowest BCUT2D eigenvalue weighted by atomic mass is 10.1. The first-order valence-electron chi connectivity index (χ1n) is 9.65. The topological polar surface area (TPSA) is 135 Å². The number of benzene rings is 1. The van der Waals surface area contributed by atoms with Crippen molar-refractivity contribution in [2.24, 2.45) is 0 Å². The van der Waals surface area contributed by atoms with Crippen molar-refractivity contribution in [2.45, 2.75) is 18.9 Å². The van der Waals surface area contributed by atoms with Crippen molar-refractivity contribution in [1.29, 1.82) is 0 Å². The number of halogens is 1. The predicted molar refractivity (Wildman–Crippen MR) is 112 cm³/mol. The zero-order valence-electron chi connectivity index (χ0n) is 16.9. The van der Waals surface area contributed by atoms with Crippen molar-refractivity contribution in [3.05, 3.63) is 42.6 Å². The summed E-state index contributed by atoms with van der Waals surface area (Å²) in [6, 6.07) is 7.18. The normalized spacial score (nSPS) is 14.3. The predicted octanol–water partition coefficient (Wildman–Crippen LogP) is 2.42. The van der Waals surface area contributed by atoms with Crippen LogP contribution in [0.2, 0.25) is 0 Å². The van der Waals surface area contributed by atoms with Crippen molar-refractivity contribution >= 4 is 17.3 Å². The zero-order chi connectivity index (χ0) is 21.8. The number of nitrogen functional groups attached to an aromatic ring is 2. The molecule has 11 heteroatoms. The average Bonchev–Trinajstić information content (AvgIpc) is 2.79. The third-order valence-corrected chi connectivity index (χ3v) is 4.86. The number of nitrogens with zero attached hydrogens (tertiary/aromatic N) is 5. The lowest BCUT2D eigenvalue weighted by molar-refractivity contribution is 0.156. The number of ether oxygens (including phenoxy) is 3. The number of rotatable bonds is 6.